The minimum atomic E-state index is -0.0832. The van der Waals surface area contributed by atoms with E-state index >= 15 is 0 Å². The predicted molar refractivity (Wildman–Crippen MR) is 127 cm³/mol. The van der Waals surface area contributed by atoms with E-state index in [2.05, 4.69) is 21.6 Å². The van der Waals surface area contributed by atoms with Crippen LogP contribution in [0.2, 0.25) is 0 Å². The third kappa shape index (κ3) is 4.52. The number of thiophene rings is 1. The fourth-order valence-electron chi connectivity index (χ4n) is 3.91. The second-order valence-electron chi connectivity index (χ2n) is 7.42. The van der Waals surface area contributed by atoms with Gasteiger partial charge in [-0.15, -0.1) is 21.5 Å². The van der Waals surface area contributed by atoms with Gasteiger partial charge < -0.3 is 14.6 Å². The number of carbonyl (C=O) groups excluding carboxylic acids is 1. The van der Waals surface area contributed by atoms with Crippen LogP contribution in [0.4, 0.5) is 5.00 Å². The molecule has 9 heteroatoms. The number of nitrogens with one attached hydrogen (secondary N) is 1. The van der Waals surface area contributed by atoms with Crippen LogP contribution in [-0.4, -0.2) is 33.5 Å². The molecule has 1 aromatic carbocycles. The number of carbonyl (C=O) groups is 1. The first-order chi connectivity index (χ1) is 15.7. The number of nitrogens with zero attached hydrogens (tertiary/aromatic N) is 4. The van der Waals surface area contributed by atoms with Crippen molar-refractivity contribution in [1.82, 2.24) is 14.8 Å². The Balaban J connectivity index is 1.40. The molecule has 0 spiro atoms. The van der Waals surface area contributed by atoms with Crippen molar-refractivity contribution in [2.24, 2.45) is 0 Å². The van der Waals surface area contributed by atoms with E-state index in [4.69, 9.17) is 4.74 Å². The zero-order chi connectivity index (χ0) is 22.5. The van der Waals surface area contributed by atoms with Gasteiger partial charge in [0, 0.05) is 23.6 Å². The fraction of sp³-hybridized carbons (Fsp3) is 0.391. The lowest BCUT2D eigenvalue weighted by atomic mass is 9.96. The van der Waals surface area contributed by atoms with Crippen LogP contribution >= 0.6 is 23.1 Å². The second-order valence-corrected chi connectivity index (χ2v) is 9.59. The second kappa shape index (κ2) is 10.2. The summed E-state index contributed by atoms with van der Waals surface area (Å²) < 4.78 is 7.49. The maximum atomic E-state index is 12.6. The lowest BCUT2D eigenvalue weighted by Crippen LogP contribution is -2.12. The van der Waals surface area contributed by atoms with Gasteiger partial charge in [0.2, 0.25) is 5.91 Å². The summed E-state index contributed by atoms with van der Waals surface area (Å²) in [5, 5.41) is 22.7. The van der Waals surface area contributed by atoms with E-state index in [0.29, 0.717) is 29.3 Å². The number of thioether (sulfide) groups is 1. The SMILES string of the molecule is CCn1c(SCCC(=O)Nc2sc3c(c2C#N)CCCC3)nnc1-c1ccccc1OC. The third-order valence-electron chi connectivity index (χ3n) is 5.48. The smallest absolute Gasteiger partial charge is 0.225 e. The zero-order valence-corrected chi connectivity index (χ0v) is 19.8. The molecule has 4 rings (SSSR count). The number of hydrogen-bond donors (Lipinski definition) is 1. The van der Waals surface area contributed by atoms with Gasteiger partial charge in [0.25, 0.3) is 0 Å². The molecule has 0 radical (unpaired) electrons. The summed E-state index contributed by atoms with van der Waals surface area (Å²) in [5.74, 6) is 1.99. The average Bonchev–Trinajstić information content (AvgIpc) is 3.39. The number of anilines is 1. The van der Waals surface area contributed by atoms with Crippen LogP contribution in [0, 0.1) is 11.3 Å². The summed E-state index contributed by atoms with van der Waals surface area (Å²) in [5.41, 5.74) is 2.67. The van der Waals surface area contributed by atoms with Crippen LogP contribution in [0.1, 0.15) is 42.2 Å². The highest BCUT2D eigenvalue weighted by Gasteiger charge is 2.22. The predicted octanol–water partition coefficient (Wildman–Crippen LogP) is 4.91. The highest BCUT2D eigenvalue weighted by molar-refractivity contribution is 7.99. The van der Waals surface area contributed by atoms with Gasteiger partial charge in [-0.05, 0) is 50.3 Å². The molecule has 2 aromatic heterocycles. The van der Waals surface area contributed by atoms with Crippen molar-refractivity contribution >= 4 is 34.0 Å². The van der Waals surface area contributed by atoms with Gasteiger partial charge in [-0.2, -0.15) is 5.26 Å². The van der Waals surface area contributed by atoms with E-state index in [1.807, 2.05) is 35.8 Å². The minimum absolute atomic E-state index is 0.0832. The van der Waals surface area contributed by atoms with Crippen LogP contribution in [0.3, 0.4) is 0 Å². The van der Waals surface area contributed by atoms with Crippen molar-refractivity contribution in [3.8, 4) is 23.2 Å². The first kappa shape index (κ1) is 22.4. The summed E-state index contributed by atoms with van der Waals surface area (Å²) in [6, 6.07) is 10.0. The number of nitriles is 1. The largest absolute Gasteiger partial charge is 0.496 e. The van der Waals surface area contributed by atoms with Crippen LogP contribution in [0.15, 0.2) is 29.4 Å². The molecular weight excluding hydrogens is 442 g/mol. The van der Waals surface area contributed by atoms with Crippen molar-refractivity contribution in [3.05, 3.63) is 40.3 Å². The number of ether oxygens (including phenoxy) is 1. The van der Waals surface area contributed by atoms with Crippen molar-refractivity contribution in [1.29, 1.82) is 5.26 Å². The summed E-state index contributed by atoms with van der Waals surface area (Å²) in [6.07, 6.45) is 4.52. The molecular formula is C23H25N5O2S2. The van der Waals surface area contributed by atoms with Gasteiger partial charge in [-0.3, -0.25) is 4.79 Å². The van der Waals surface area contributed by atoms with Crippen molar-refractivity contribution < 1.29 is 9.53 Å². The Morgan fingerprint density at radius 3 is 2.91 bits per heavy atom. The van der Waals surface area contributed by atoms with Gasteiger partial charge in [0.05, 0.1) is 18.2 Å². The van der Waals surface area contributed by atoms with Gasteiger partial charge in [-0.25, -0.2) is 0 Å². The molecule has 1 N–H and O–H groups in total. The highest BCUT2D eigenvalue weighted by atomic mass is 32.2. The maximum absolute atomic E-state index is 12.6. The van der Waals surface area contributed by atoms with Crippen LogP contribution in [0.25, 0.3) is 11.4 Å². The number of rotatable bonds is 8. The van der Waals surface area contributed by atoms with Gasteiger partial charge in [0.1, 0.15) is 16.8 Å². The number of aryl methyl sites for hydroxylation is 1. The van der Waals surface area contributed by atoms with Crippen molar-refractivity contribution in [2.45, 2.75) is 50.7 Å². The number of hydrogen-bond acceptors (Lipinski definition) is 7. The molecule has 1 aliphatic rings. The topological polar surface area (TPSA) is 92.8 Å². The molecule has 32 heavy (non-hydrogen) atoms. The molecule has 0 bridgehead atoms. The lowest BCUT2D eigenvalue weighted by molar-refractivity contribution is -0.115. The van der Waals surface area contributed by atoms with E-state index in [-0.39, 0.29) is 5.91 Å². The molecule has 0 fully saturated rings. The Kier molecular flexibility index (Phi) is 7.12. The average molecular weight is 468 g/mol. The van der Waals surface area contributed by atoms with Gasteiger partial charge in [0.15, 0.2) is 11.0 Å². The van der Waals surface area contributed by atoms with Crippen LogP contribution in [0.5, 0.6) is 5.75 Å². The quantitative estimate of drug-likeness (QED) is 0.473. The molecule has 7 nitrogen and oxygen atoms in total. The first-order valence-corrected chi connectivity index (χ1v) is 12.5. The molecule has 0 saturated carbocycles. The molecule has 0 saturated heterocycles. The van der Waals surface area contributed by atoms with E-state index in [0.717, 1.165) is 53.5 Å². The molecule has 3 aromatic rings. The monoisotopic (exact) mass is 467 g/mol. The molecule has 0 unspecified atom stereocenters. The minimum Gasteiger partial charge on any atom is -0.496 e. The number of methoxy groups -OCH3 is 1. The lowest BCUT2D eigenvalue weighted by Gasteiger charge is -2.10. The third-order valence-corrected chi connectivity index (χ3v) is 7.65. The Morgan fingerprint density at radius 1 is 1.31 bits per heavy atom. The van der Waals surface area contributed by atoms with Gasteiger partial charge >= 0.3 is 0 Å². The summed E-state index contributed by atoms with van der Waals surface area (Å²) in [6.45, 7) is 2.75. The van der Waals surface area contributed by atoms with E-state index in [1.54, 1.807) is 18.4 Å². The number of para-hydroxylation sites is 1. The van der Waals surface area contributed by atoms with E-state index in [9.17, 15) is 10.1 Å². The summed E-state index contributed by atoms with van der Waals surface area (Å²) in [4.78, 5) is 13.8. The first-order valence-electron chi connectivity index (χ1n) is 10.7. The summed E-state index contributed by atoms with van der Waals surface area (Å²) >= 11 is 3.06. The summed E-state index contributed by atoms with van der Waals surface area (Å²) in [7, 11) is 1.64. The normalized spacial score (nSPS) is 12.8. The Hall–Kier alpha value is -2.83. The fourth-order valence-corrected chi connectivity index (χ4v) is 6.10. The molecule has 1 amide bonds. The number of benzene rings is 1. The zero-order valence-electron chi connectivity index (χ0n) is 18.2. The Morgan fingerprint density at radius 2 is 2.12 bits per heavy atom. The molecule has 2 heterocycles. The van der Waals surface area contributed by atoms with Crippen molar-refractivity contribution in [2.75, 3.05) is 18.2 Å². The molecule has 1 aliphatic carbocycles. The van der Waals surface area contributed by atoms with E-state index in [1.165, 1.54) is 16.6 Å². The number of amides is 1. The van der Waals surface area contributed by atoms with Gasteiger partial charge in [-0.1, -0.05) is 23.9 Å². The Labute approximate surface area is 195 Å². The molecule has 166 valence electrons. The molecule has 0 aliphatic heterocycles. The van der Waals surface area contributed by atoms with Crippen LogP contribution < -0.4 is 10.1 Å². The number of fused-ring (bicyclic) bond motifs is 1. The van der Waals surface area contributed by atoms with Crippen LogP contribution in [-0.2, 0) is 24.2 Å². The maximum Gasteiger partial charge on any atom is 0.225 e. The highest BCUT2D eigenvalue weighted by Crippen LogP contribution is 2.37. The van der Waals surface area contributed by atoms with Crippen molar-refractivity contribution in [3.63, 3.8) is 0 Å². The Bertz CT molecular complexity index is 1160. The molecule has 0 atom stereocenters. The standard InChI is InChI=1S/C23H25N5O2S2/c1-3-28-21(16-9-4-6-10-18(16)30-2)26-27-23(28)31-13-12-20(29)25-22-17(14-24)15-8-5-7-11-19(15)32-22/h4,6,9-10H,3,5,7-8,11-13H2,1-2H3,(H,25,29). The number of aromatic nitrogens is 3. The van der Waals surface area contributed by atoms with E-state index < -0.39 is 0 Å².